The van der Waals surface area contributed by atoms with E-state index >= 15 is 0 Å². The Hall–Kier alpha value is -0.200. The van der Waals surface area contributed by atoms with Crippen LogP contribution in [0.1, 0.15) is 12.8 Å². The molecule has 0 aliphatic carbocycles. The van der Waals surface area contributed by atoms with E-state index in [0.29, 0.717) is 19.8 Å². The Balaban J connectivity index is 1.90. The van der Waals surface area contributed by atoms with Crippen molar-refractivity contribution in [2.45, 2.75) is 25.3 Å². The van der Waals surface area contributed by atoms with Crippen LogP contribution in [0.4, 0.5) is 0 Å². The van der Waals surface area contributed by atoms with E-state index in [1.54, 1.807) is 7.11 Å². The molecule has 0 spiro atoms. The molecule has 0 aromatic rings. The molecule has 5 heteroatoms. The first-order valence-corrected chi connectivity index (χ1v) is 6.43. The summed E-state index contributed by atoms with van der Waals surface area (Å²) in [6.45, 7) is 3.92. The minimum Gasteiger partial charge on any atom is -0.376 e. The van der Waals surface area contributed by atoms with Gasteiger partial charge in [-0.25, -0.2) is 10.0 Å². The van der Waals surface area contributed by atoms with Crippen molar-refractivity contribution in [3.8, 4) is 0 Å². The second-order valence-corrected chi connectivity index (χ2v) is 5.03. The predicted molar refractivity (Wildman–Crippen MR) is 63.0 cm³/mol. The van der Waals surface area contributed by atoms with Crippen molar-refractivity contribution in [2.24, 2.45) is 5.92 Å². The SMILES string of the molecule is COC1COCCN1C([O])C1CCN(C)CC1. The Labute approximate surface area is 103 Å². The lowest BCUT2D eigenvalue weighted by molar-refractivity contribution is -0.212. The number of hydrogen-bond donors (Lipinski definition) is 0. The molecule has 1 radical (unpaired) electrons. The maximum Gasteiger partial charge on any atom is 0.151 e. The lowest BCUT2D eigenvalue weighted by Gasteiger charge is -2.41. The normalized spacial score (nSPS) is 31.6. The zero-order valence-electron chi connectivity index (χ0n) is 10.8. The second kappa shape index (κ2) is 6.11. The van der Waals surface area contributed by atoms with Gasteiger partial charge in [0.25, 0.3) is 0 Å². The standard InChI is InChI=1S/C12H23N2O3/c1-13-5-3-10(4-6-13)12(15)14-7-8-17-9-11(14)16-2/h10-12H,3-9H2,1-2H3. The minimum atomic E-state index is -0.641. The Bertz CT molecular complexity index is 232. The van der Waals surface area contributed by atoms with E-state index in [1.807, 2.05) is 4.90 Å². The summed E-state index contributed by atoms with van der Waals surface area (Å²) in [4.78, 5) is 4.22. The molecule has 99 valence electrons. The molecule has 0 bridgehead atoms. The molecule has 17 heavy (non-hydrogen) atoms. The number of ether oxygens (including phenoxy) is 2. The van der Waals surface area contributed by atoms with Crippen LogP contribution in [0.2, 0.25) is 0 Å². The van der Waals surface area contributed by atoms with Crippen LogP contribution in [-0.4, -0.2) is 69.3 Å². The highest BCUT2D eigenvalue weighted by molar-refractivity contribution is 4.79. The van der Waals surface area contributed by atoms with Crippen molar-refractivity contribution in [3.63, 3.8) is 0 Å². The van der Waals surface area contributed by atoms with E-state index in [9.17, 15) is 5.11 Å². The number of piperidine rings is 1. The number of morpholine rings is 1. The third kappa shape index (κ3) is 3.17. The van der Waals surface area contributed by atoms with E-state index in [2.05, 4.69) is 11.9 Å². The van der Waals surface area contributed by atoms with Gasteiger partial charge >= 0.3 is 0 Å². The fourth-order valence-electron chi connectivity index (χ4n) is 2.67. The summed E-state index contributed by atoms with van der Waals surface area (Å²) in [5.74, 6) is 0.252. The molecule has 0 saturated carbocycles. The Morgan fingerprint density at radius 3 is 2.65 bits per heavy atom. The topological polar surface area (TPSA) is 44.8 Å². The van der Waals surface area contributed by atoms with Crippen molar-refractivity contribution < 1.29 is 14.6 Å². The monoisotopic (exact) mass is 243 g/mol. The van der Waals surface area contributed by atoms with E-state index in [0.717, 1.165) is 25.9 Å². The maximum absolute atomic E-state index is 12.5. The molecule has 2 saturated heterocycles. The maximum atomic E-state index is 12.5. The van der Waals surface area contributed by atoms with Crippen LogP contribution in [0.25, 0.3) is 0 Å². The number of methoxy groups -OCH3 is 1. The molecule has 2 atom stereocenters. The van der Waals surface area contributed by atoms with Gasteiger partial charge in [-0.2, -0.15) is 0 Å². The summed E-state index contributed by atoms with van der Waals surface area (Å²) in [6.07, 6.45) is 1.19. The molecule has 0 aromatic carbocycles. The zero-order chi connectivity index (χ0) is 12.3. The number of rotatable bonds is 3. The summed E-state index contributed by atoms with van der Waals surface area (Å²) in [5.41, 5.74) is 0. The molecule has 2 unspecified atom stereocenters. The van der Waals surface area contributed by atoms with E-state index < -0.39 is 6.23 Å². The Morgan fingerprint density at radius 2 is 2.00 bits per heavy atom. The number of nitrogens with zero attached hydrogens (tertiary/aromatic N) is 2. The van der Waals surface area contributed by atoms with Crippen molar-refractivity contribution in [2.75, 3.05) is 47.0 Å². The lowest BCUT2D eigenvalue weighted by Crippen LogP contribution is -2.54. The smallest absolute Gasteiger partial charge is 0.151 e. The minimum absolute atomic E-state index is 0.161. The van der Waals surface area contributed by atoms with Gasteiger partial charge < -0.3 is 14.4 Å². The number of likely N-dealkylation sites (tertiary alicyclic amines) is 1. The van der Waals surface area contributed by atoms with Gasteiger partial charge in [-0.1, -0.05) is 0 Å². The largest absolute Gasteiger partial charge is 0.376 e. The van der Waals surface area contributed by atoms with Crippen LogP contribution < -0.4 is 0 Å². The van der Waals surface area contributed by atoms with Crippen LogP contribution in [-0.2, 0) is 14.6 Å². The summed E-state index contributed by atoms with van der Waals surface area (Å²) < 4.78 is 10.7. The molecule has 5 nitrogen and oxygen atoms in total. The summed E-state index contributed by atoms with van der Waals surface area (Å²) in [6, 6.07) is 0. The summed E-state index contributed by atoms with van der Waals surface area (Å²) >= 11 is 0. The van der Waals surface area contributed by atoms with Crippen molar-refractivity contribution in [1.29, 1.82) is 0 Å². The fraction of sp³-hybridized carbons (Fsp3) is 1.00. The van der Waals surface area contributed by atoms with Gasteiger partial charge in [0, 0.05) is 19.6 Å². The average molecular weight is 243 g/mol. The first kappa shape index (κ1) is 13.2. The molecule has 0 N–H and O–H groups in total. The van der Waals surface area contributed by atoms with Gasteiger partial charge in [-0.3, -0.25) is 0 Å². The summed E-state index contributed by atoms with van der Waals surface area (Å²) in [7, 11) is 3.76. The molecule has 2 heterocycles. The third-order valence-electron chi connectivity index (χ3n) is 3.89. The predicted octanol–water partition coefficient (Wildman–Crippen LogP) is 0.390. The summed E-state index contributed by atoms with van der Waals surface area (Å²) in [5, 5.41) is 12.5. The van der Waals surface area contributed by atoms with E-state index in [-0.39, 0.29) is 12.1 Å². The first-order valence-electron chi connectivity index (χ1n) is 6.43. The Kier molecular flexibility index (Phi) is 4.76. The van der Waals surface area contributed by atoms with Crippen LogP contribution in [0.5, 0.6) is 0 Å². The Morgan fingerprint density at radius 1 is 1.29 bits per heavy atom. The van der Waals surface area contributed by atoms with E-state index in [4.69, 9.17) is 9.47 Å². The van der Waals surface area contributed by atoms with Gasteiger partial charge in [0.1, 0.15) is 6.23 Å². The highest BCUT2D eigenvalue weighted by atomic mass is 16.5. The van der Waals surface area contributed by atoms with Crippen molar-refractivity contribution in [1.82, 2.24) is 9.80 Å². The molecule has 2 rings (SSSR count). The molecular weight excluding hydrogens is 220 g/mol. The van der Waals surface area contributed by atoms with Gasteiger partial charge in [0.05, 0.1) is 13.2 Å². The average Bonchev–Trinajstić information content (AvgIpc) is 2.39. The number of hydrogen-bond acceptors (Lipinski definition) is 4. The van der Waals surface area contributed by atoms with Crippen LogP contribution in [0, 0.1) is 5.92 Å². The van der Waals surface area contributed by atoms with Crippen LogP contribution in [0.15, 0.2) is 0 Å². The molecule has 2 aliphatic heterocycles. The molecule has 0 aromatic heterocycles. The van der Waals surface area contributed by atoms with Crippen LogP contribution >= 0.6 is 0 Å². The highest BCUT2D eigenvalue weighted by Gasteiger charge is 2.35. The van der Waals surface area contributed by atoms with Crippen LogP contribution in [0.3, 0.4) is 0 Å². The molecule has 2 fully saturated rings. The molecule has 0 amide bonds. The van der Waals surface area contributed by atoms with Gasteiger partial charge in [0.2, 0.25) is 0 Å². The zero-order valence-corrected chi connectivity index (χ0v) is 10.8. The van der Waals surface area contributed by atoms with Crippen molar-refractivity contribution >= 4 is 0 Å². The quantitative estimate of drug-likeness (QED) is 0.719. The second-order valence-electron chi connectivity index (χ2n) is 5.03. The van der Waals surface area contributed by atoms with Gasteiger partial charge in [-0.05, 0) is 33.0 Å². The lowest BCUT2D eigenvalue weighted by atomic mass is 9.94. The fourth-order valence-corrected chi connectivity index (χ4v) is 2.67. The third-order valence-corrected chi connectivity index (χ3v) is 3.89. The first-order chi connectivity index (χ1) is 8.22. The van der Waals surface area contributed by atoms with Crippen molar-refractivity contribution in [3.05, 3.63) is 0 Å². The van der Waals surface area contributed by atoms with Gasteiger partial charge in [-0.15, -0.1) is 0 Å². The molecular formula is C12H23N2O3. The molecule has 2 aliphatic rings. The van der Waals surface area contributed by atoms with E-state index in [1.165, 1.54) is 0 Å². The highest BCUT2D eigenvalue weighted by Crippen LogP contribution is 2.25. The van der Waals surface area contributed by atoms with Gasteiger partial charge in [0.15, 0.2) is 6.23 Å².